The molecule has 0 aliphatic carbocycles. The average Bonchev–Trinajstić information content (AvgIpc) is 3.05. The smallest absolute Gasteiger partial charge is 0.262 e. The quantitative estimate of drug-likeness (QED) is 0.707. The van der Waals surface area contributed by atoms with E-state index in [1.54, 1.807) is 6.07 Å². The first kappa shape index (κ1) is 14.6. The zero-order valence-corrected chi connectivity index (χ0v) is 11.8. The second-order valence-electron chi connectivity index (χ2n) is 4.45. The van der Waals surface area contributed by atoms with Crippen LogP contribution in [0.3, 0.4) is 0 Å². The molecule has 0 radical (unpaired) electrons. The SMILES string of the molecule is O=C1CCC(CNC(=O)c2sccc2C#CCCO)N1. The van der Waals surface area contributed by atoms with Gasteiger partial charge in [0.25, 0.3) is 5.91 Å². The number of aliphatic hydroxyl groups excluding tert-OH is 1. The minimum atomic E-state index is -0.172. The third-order valence-corrected chi connectivity index (χ3v) is 3.84. The summed E-state index contributed by atoms with van der Waals surface area (Å²) in [6.45, 7) is 0.450. The molecule has 5 nitrogen and oxygen atoms in total. The van der Waals surface area contributed by atoms with Crippen LogP contribution < -0.4 is 10.6 Å². The standard InChI is InChI=1S/C14H16N2O3S/c17-7-2-1-3-10-6-8-20-13(10)14(19)15-9-11-4-5-12(18)16-11/h6,8,11,17H,2,4-5,7,9H2,(H,15,19)(H,16,18). The molecule has 6 heteroatoms. The summed E-state index contributed by atoms with van der Waals surface area (Å²) in [4.78, 5) is 23.7. The van der Waals surface area contributed by atoms with Crippen LogP contribution in [-0.4, -0.2) is 36.1 Å². The first-order valence-electron chi connectivity index (χ1n) is 6.45. The highest BCUT2D eigenvalue weighted by Gasteiger charge is 2.21. The van der Waals surface area contributed by atoms with E-state index in [-0.39, 0.29) is 24.5 Å². The number of nitrogens with one attached hydrogen (secondary N) is 2. The highest BCUT2D eigenvalue weighted by molar-refractivity contribution is 7.12. The number of carbonyl (C=O) groups is 2. The van der Waals surface area contributed by atoms with Gasteiger partial charge in [0.05, 0.1) is 6.61 Å². The van der Waals surface area contributed by atoms with Gasteiger partial charge >= 0.3 is 0 Å². The fraction of sp³-hybridized carbons (Fsp3) is 0.429. The van der Waals surface area contributed by atoms with Gasteiger partial charge in [-0.05, 0) is 17.9 Å². The summed E-state index contributed by atoms with van der Waals surface area (Å²) in [5.74, 6) is 5.55. The predicted octanol–water partition coefficient (Wildman–Crippen LogP) is 0.490. The van der Waals surface area contributed by atoms with Crippen molar-refractivity contribution < 1.29 is 14.7 Å². The molecule has 1 aliphatic heterocycles. The van der Waals surface area contributed by atoms with Gasteiger partial charge in [0.2, 0.25) is 5.91 Å². The molecule has 1 aromatic rings. The van der Waals surface area contributed by atoms with Crippen molar-refractivity contribution in [3.8, 4) is 11.8 Å². The van der Waals surface area contributed by atoms with E-state index in [0.717, 1.165) is 6.42 Å². The number of thiophene rings is 1. The lowest BCUT2D eigenvalue weighted by molar-refractivity contribution is -0.119. The molecular formula is C14H16N2O3S. The molecule has 1 saturated heterocycles. The van der Waals surface area contributed by atoms with Crippen LogP contribution in [0, 0.1) is 11.8 Å². The van der Waals surface area contributed by atoms with Gasteiger partial charge in [-0.1, -0.05) is 11.8 Å². The number of amides is 2. The van der Waals surface area contributed by atoms with E-state index in [0.29, 0.717) is 29.8 Å². The van der Waals surface area contributed by atoms with Crippen molar-refractivity contribution in [1.82, 2.24) is 10.6 Å². The third-order valence-electron chi connectivity index (χ3n) is 2.93. The molecule has 0 aromatic carbocycles. The van der Waals surface area contributed by atoms with Crippen molar-refractivity contribution in [1.29, 1.82) is 0 Å². The summed E-state index contributed by atoms with van der Waals surface area (Å²) in [5, 5.41) is 16.1. The Morgan fingerprint density at radius 1 is 1.60 bits per heavy atom. The molecule has 1 fully saturated rings. The zero-order valence-electron chi connectivity index (χ0n) is 10.9. The number of hydrogen-bond donors (Lipinski definition) is 3. The van der Waals surface area contributed by atoms with E-state index in [4.69, 9.17) is 5.11 Å². The Balaban J connectivity index is 1.91. The van der Waals surface area contributed by atoms with Crippen molar-refractivity contribution in [2.75, 3.05) is 13.2 Å². The fourth-order valence-corrected chi connectivity index (χ4v) is 2.69. The number of carbonyl (C=O) groups excluding carboxylic acids is 2. The molecule has 1 aromatic heterocycles. The van der Waals surface area contributed by atoms with E-state index < -0.39 is 0 Å². The Labute approximate surface area is 121 Å². The molecule has 2 heterocycles. The predicted molar refractivity (Wildman–Crippen MR) is 76.4 cm³/mol. The largest absolute Gasteiger partial charge is 0.395 e. The fourth-order valence-electron chi connectivity index (χ4n) is 1.92. The van der Waals surface area contributed by atoms with Crippen molar-refractivity contribution in [2.24, 2.45) is 0 Å². The molecule has 1 aliphatic rings. The Bertz CT molecular complexity index is 556. The summed E-state index contributed by atoms with van der Waals surface area (Å²) in [5.41, 5.74) is 0.677. The van der Waals surface area contributed by atoms with E-state index >= 15 is 0 Å². The Kier molecular flexibility index (Phi) is 5.16. The summed E-state index contributed by atoms with van der Waals surface area (Å²) < 4.78 is 0. The van der Waals surface area contributed by atoms with Crippen LogP contribution in [0.1, 0.15) is 34.5 Å². The molecule has 3 N–H and O–H groups in total. The number of rotatable bonds is 4. The van der Waals surface area contributed by atoms with Gasteiger partial charge in [0, 0.05) is 31.0 Å². The van der Waals surface area contributed by atoms with Crippen molar-refractivity contribution in [3.05, 3.63) is 21.9 Å². The van der Waals surface area contributed by atoms with Gasteiger partial charge in [-0.3, -0.25) is 9.59 Å². The Hall–Kier alpha value is -1.84. The highest BCUT2D eigenvalue weighted by atomic mass is 32.1. The topological polar surface area (TPSA) is 78.4 Å². The van der Waals surface area contributed by atoms with Crippen LogP contribution in [0.15, 0.2) is 11.4 Å². The maximum atomic E-state index is 12.1. The molecule has 106 valence electrons. The minimum absolute atomic E-state index is 0.0139. The van der Waals surface area contributed by atoms with E-state index in [9.17, 15) is 9.59 Å². The lowest BCUT2D eigenvalue weighted by atomic mass is 10.2. The van der Waals surface area contributed by atoms with Crippen LogP contribution in [0.25, 0.3) is 0 Å². The lowest BCUT2D eigenvalue weighted by Gasteiger charge is -2.10. The summed E-state index contributed by atoms with van der Waals surface area (Å²) in [6.07, 6.45) is 1.68. The van der Waals surface area contributed by atoms with E-state index in [1.807, 2.05) is 5.38 Å². The molecule has 2 rings (SSSR count). The summed E-state index contributed by atoms with van der Waals surface area (Å²) in [7, 11) is 0. The first-order valence-corrected chi connectivity index (χ1v) is 7.33. The van der Waals surface area contributed by atoms with Gasteiger partial charge in [-0.15, -0.1) is 11.3 Å². The van der Waals surface area contributed by atoms with Crippen molar-refractivity contribution in [2.45, 2.75) is 25.3 Å². The zero-order chi connectivity index (χ0) is 14.4. The molecule has 1 atom stereocenters. The van der Waals surface area contributed by atoms with E-state index in [2.05, 4.69) is 22.5 Å². The van der Waals surface area contributed by atoms with Crippen LogP contribution in [-0.2, 0) is 4.79 Å². The van der Waals surface area contributed by atoms with Crippen LogP contribution in [0.2, 0.25) is 0 Å². The van der Waals surface area contributed by atoms with Crippen molar-refractivity contribution >= 4 is 23.2 Å². The molecule has 20 heavy (non-hydrogen) atoms. The molecule has 0 saturated carbocycles. The molecule has 2 amide bonds. The normalized spacial score (nSPS) is 17.2. The maximum Gasteiger partial charge on any atom is 0.262 e. The highest BCUT2D eigenvalue weighted by Crippen LogP contribution is 2.16. The lowest BCUT2D eigenvalue weighted by Crippen LogP contribution is -2.38. The van der Waals surface area contributed by atoms with Gasteiger partial charge in [-0.25, -0.2) is 0 Å². The van der Waals surface area contributed by atoms with Gasteiger partial charge < -0.3 is 15.7 Å². The number of hydrogen-bond acceptors (Lipinski definition) is 4. The molecule has 0 bridgehead atoms. The minimum Gasteiger partial charge on any atom is -0.395 e. The maximum absolute atomic E-state index is 12.1. The van der Waals surface area contributed by atoms with Gasteiger partial charge in [-0.2, -0.15) is 0 Å². The summed E-state index contributed by atoms with van der Waals surface area (Å²) >= 11 is 1.33. The van der Waals surface area contributed by atoms with Crippen molar-refractivity contribution in [3.63, 3.8) is 0 Å². The summed E-state index contributed by atoms with van der Waals surface area (Å²) in [6, 6.07) is 1.82. The second-order valence-corrected chi connectivity index (χ2v) is 5.37. The molecular weight excluding hydrogens is 276 g/mol. The average molecular weight is 292 g/mol. The van der Waals surface area contributed by atoms with Crippen LogP contribution >= 0.6 is 11.3 Å². The monoisotopic (exact) mass is 292 g/mol. The van der Waals surface area contributed by atoms with Gasteiger partial charge in [0.15, 0.2) is 0 Å². The van der Waals surface area contributed by atoms with Crippen LogP contribution in [0.5, 0.6) is 0 Å². The molecule has 1 unspecified atom stereocenters. The van der Waals surface area contributed by atoms with E-state index in [1.165, 1.54) is 11.3 Å². The number of aliphatic hydroxyl groups is 1. The second kappa shape index (κ2) is 7.08. The Morgan fingerprint density at radius 2 is 2.45 bits per heavy atom. The van der Waals surface area contributed by atoms with Crippen LogP contribution in [0.4, 0.5) is 0 Å². The van der Waals surface area contributed by atoms with Gasteiger partial charge in [0.1, 0.15) is 4.88 Å². The molecule has 0 spiro atoms. The first-order chi connectivity index (χ1) is 9.70. The third kappa shape index (κ3) is 3.83. The Morgan fingerprint density at radius 3 is 3.15 bits per heavy atom.